The van der Waals surface area contributed by atoms with Crippen LogP contribution in [0.5, 0.6) is 0 Å². The van der Waals surface area contributed by atoms with Crippen LogP contribution in [0, 0.1) is 5.82 Å². The van der Waals surface area contributed by atoms with Crippen LogP contribution in [0.3, 0.4) is 0 Å². The molecule has 0 saturated heterocycles. The Hall–Kier alpha value is -1.70. The van der Waals surface area contributed by atoms with Crippen LogP contribution in [-0.4, -0.2) is 20.1 Å². The van der Waals surface area contributed by atoms with Gasteiger partial charge in [0, 0.05) is 12.1 Å². The summed E-state index contributed by atoms with van der Waals surface area (Å²) in [5.41, 5.74) is 0.970. The molecule has 0 spiro atoms. The summed E-state index contributed by atoms with van der Waals surface area (Å²) in [5.74, 6) is -0.773. The number of hydrogen-bond donors (Lipinski definition) is 2. The van der Waals surface area contributed by atoms with Crippen molar-refractivity contribution in [1.29, 1.82) is 0 Å². The SMILES string of the molecule is O=S(=O)(Cc1cccc(F)c1)NCCC(O)c1ccoc1. The zero-order valence-corrected chi connectivity index (χ0v) is 12.0. The predicted octanol–water partition coefficient (Wildman–Crippen LogP) is 1.96. The maximum atomic E-state index is 13.0. The Kier molecular flexibility index (Phi) is 5.11. The highest BCUT2D eigenvalue weighted by Gasteiger charge is 2.14. The van der Waals surface area contributed by atoms with Gasteiger partial charge < -0.3 is 9.52 Å². The number of benzene rings is 1. The molecule has 2 aromatic rings. The van der Waals surface area contributed by atoms with E-state index in [1.54, 1.807) is 12.1 Å². The highest BCUT2D eigenvalue weighted by atomic mass is 32.2. The predicted molar refractivity (Wildman–Crippen MR) is 75.3 cm³/mol. The van der Waals surface area contributed by atoms with Crippen LogP contribution in [0.15, 0.2) is 47.3 Å². The fourth-order valence-electron chi connectivity index (χ4n) is 1.88. The molecule has 1 aromatic heterocycles. The molecule has 0 aliphatic heterocycles. The zero-order chi connectivity index (χ0) is 15.3. The quantitative estimate of drug-likeness (QED) is 0.819. The number of aliphatic hydroxyl groups is 1. The average molecular weight is 313 g/mol. The fourth-order valence-corrected chi connectivity index (χ4v) is 3.03. The normalized spacial score (nSPS) is 13.2. The molecule has 0 bridgehead atoms. The van der Waals surface area contributed by atoms with E-state index in [9.17, 15) is 17.9 Å². The second-order valence-electron chi connectivity index (χ2n) is 4.64. The molecule has 0 aliphatic rings. The summed E-state index contributed by atoms with van der Waals surface area (Å²) in [7, 11) is -3.57. The number of aliphatic hydroxyl groups excluding tert-OH is 1. The van der Waals surface area contributed by atoms with E-state index >= 15 is 0 Å². The summed E-state index contributed by atoms with van der Waals surface area (Å²) in [6, 6.07) is 7.06. The van der Waals surface area contributed by atoms with Gasteiger partial charge in [-0.1, -0.05) is 12.1 Å². The van der Waals surface area contributed by atoms with E-state index in [1.165, 1.54) is 30.7 Å². The molecule has 1 atom stereocenters. The Morgan fingerprint density at radius 1 is 1.33 bits per heavy atom. The van der Waals surface area contributed by atoms with Crippen LogP contribution in [-0.2, 0) is 15.8 Å². The summed E-state index contributed by atoms with van der Waals surface area (Å²) in [5, 5.41) is 9.79. The number of nitrogens with one attached hydrogen (secondary N) is 1. The van der Waals surface area contributed by atoms with Crippen LogP contribution in [0.4, 0.5) is 4.39 Å². The van der Waals surface area contributed by atoms with Gasteiger partial charge in [0.25, 0.3) is 0 Å². The van der Waals surface area contributed by atoms with Gasteiger partial charge in [0.05, 0.1) is 24.4 Å². The van der Waals surface area contributed by atoms with E-state index < -0.39 is 21.9 Å². The molecule has 0 saturated carbocycles. The molecule has 0 radical (unpaired) electrons. The van der Waals surface area contributed by atoms with Crippen molar-refractivity contribution in [2.45, 2.75) is 18.3 Å². The third-order valence-corrected chi connectivity index (χ3v) is 4.27. The Bertz CT molecular complexity index is 670. The van der Waals surface area contributed by atoms with Crippen molar-refractivity contribution in [1.82, 2.24) is 4.72 Å². The molecule has 0 fully saturated rings. The van der Waals surface area contributed by atoms with Crippen LogP contribution >= 0.6 is 0 Å². The lowest BCUT2D eigenvalue weighted by atomic mass is 10.1. The largest absolute Gasteiger partial charge is 0.472 e. The van der Waals surface area contributed by atoms with Gasteiger partial charge in [0.1, 0.15) is 5.82 Å². The third kappa shape index (κ3) is 4.96. The molecule has 5 nitrogen and oxygen atoms in total. The second kappa shape index (κ2) is 6.84. The van der Waals surface area contributed by atoms with Gasteiger partial charge in [-0.15, -0.1) is 0 Å². The minimum absolute atomic E-state index is 0.0873. The first kappa shape index (κ1) is 15.7. The Morgan fingerprint density at radius 3 is 2.81 bits per heavy atom. The third-order valence-electron chi connectivity index (χ3n) is 2.91. The summed E-state index contributed by atoms with van der Waals surface area (Å²) >= 11 is 0. The van der Waals surface area contributed by atoms with E-state index in [1.807, 2.05) is 0 Å². The molecule has 1 aromatic carbocycles. The first-order valence-electron chi connectivity index (χ1n) is 6.38. The van der Waals surface area contributed by atoms with Crippen LogP contribution in [0.2, 0.25) is 0 Å². The first-order valence-corrected chi connectivity index (χ1v) is 8.03. The second-order valence-corrected chi connectivity index (χ2v) is 6.45. The van der Waals surface area contributed by atoms with Gasteiger partial charge >= 0.3 is 0 Å². The van der Waals surface area contributed by atoms with Crippen molar-refractivity contribution < 1.29 is 22.3 Å². The Morgan fingerprint density at radius 2 is 2.14 bits per heavy atom. The Balaban J connectivity index is 1.84. The van der Waals surface area contributed by atoms with E-state index in [0.29, 0.717) is 11.1 Å². The molecule has 0 aliphatic carbocycles. The van der Waals surface area contributed by atoms with Gasteiger partial charge in [-0.2, -0.15) is 0 Å². The molecule has 0 amide bonds. The lowest BCUT2D eigenvalue weighted by molar-refractivity contribution is 0.168. The first-order chi connectivity index (χ1) is 9.96. The van der Waals surface area contributed by atoms with E-state index in [0.717, 1.165) is 0 Å². The number of furan rings is 1. The standard InChI is InChI=1S/C14H16FNO4S/c15-13-3-1-2-11(8-13)10-21(18,19)16-6-4-14(17)12-5-7-20-9-12/h1-3,5,7-9,14,16-17H,4,6,10H2. The highest BCUT2D eigenvalue weighted by molar-refractivity contribution is 7.88. The van der Waals surface area contributed by atoms with Crippen molar-refractivity contribution in [2.24, 2.45) is 0 Å². The van der Waals surface area contributed by atoms with E-state index in [-0.39, 0.29) is 18.7 Å². The monoisotopic (exact) mass is 313 g/mol. The lowest BCUT2D eigenvalue weighted by Crippen LogP contribution is -2.27. The molecule has 21 heavy (non-hydrogen) atoms. The van der Waals surface area contributed by atoms with Gasteiger partial charge in [-0.3, -0.25) is 0 Å². The summed E-state index contributed by atoms with van der Waals surface area (Å²) in [6.07, 6.45) is 2.28. The van der Waals surface area contributed by atoms with E-state index in [4.69, 9.17) is 4.42 Å². The number of sulfonamides is 1. The van der Waals surface area contributed by atoms with Gasteiger partial charge in [-0.25, -0.2) is 17.5 Å². The minimum atomic E-state index is -3.57. The topological polar surface area (TPSA) is 79.5 Å². The van der Waals surface area contributed by atoms with Crippen molar-refractivity contribution in [3.8, 4) is 0 Å². The van der Waals surface area contributed by atoms with Crippen molar-refractivity contribution in [2.75, 3.05) is 6.54 Å². The minimum Gasteiger partial charge on any atom is -0.472 e. The molecule has 1 heterocycles. The van der Waals surface area contributed by atoms with Gasteiger partial charge in [0.2, 0.25) is 10.0 Å². The molecule has 7 heteroatoms. The highest BCUT2D eigenvalue weighted by Crippen LogP contribution is 2.16. The maximum absolute atomic E-state index is 13.0. The molecule has 1 unspecified atom stereocenters. The number of rotatable bonds is 7. The lowest BCUT2D eigenvalue weighted by Gasteiger charge is -2.10. The van der Waals surface area contributed by atoms with E-state index in [2.05, 4.69) is 4.72 Å². The molecule has 2 N–H and O–H groups in total. The smallest absolute Gasteiger partial charge is 0.215 e. The average Bonchev–Trinajstić information content (AvgIpc) is 2.91. The zero-order valence-electron chi connectivity index (χ0n) is 11.2. The van der Waals surface area contributed by atoms with Crippen molar-refractivity contribution >= 4 is 10.0 Å². The molecule has 2 rings (SSSR count). The van der Waals surface area contributed by atoms with Crippen molar-refractivity contribution in [3.05, 3.63) is 59.8 Å². The van der Waals surface area contributed by atoms with Crippen LogP contribution < -0.4 is 4.72 Å². The fraction of sp³-hybridized carbons (Fsp3) is 0.286. The summed E-state index contributed by atoms with van der Waals surface area (Å²) in [6.45, 7) is 0.0873. The molecule has 114 valence electrons. The number of halogens is 1. The summed E-state index contributed by atoms with van der Waals surface area (Å²) < 4.78 is 43.9. The van der Waals surface area contributed by atoms with Gasteiger partial charge in [-0.05, 0) is 30.2 Å². The van der Waals surface area contributed by atoms with Crippen LogP contribution in [0.25, 0.3) is 0 Å². The Labute approximate surface area is 122 Å². The summed E-state index contributed by atoms with van der Waals surface area (Å²) in [4.78, 5) is 0. The van der Waals surface area contributed by atoms with Crippen molar-refractivity contribution in [3.63, 3.8) is 0 Å². The maximum Gasteiger partial charge on any atom is 0.215 e. The molecular formula is C14H16FNO4S. The molecular weight excluding hydrogens is 297 g/mol. The van der Waals surface area contributed by atoms with Gasteiger partial charge in [0.15, 0.2) is 0 Å². The number of hydrogen-bond acceptors (Lipinski definition) is 4. The van der Waals surface area contributed by atoms with Crippen LogP contribution in [0.1, 0.15) is 23.7 Å².